The summed E-state index contributed by atoms with van der Waals surface area (Å²) in [4.78, 5) is 4.78. The predicted octanol–water partition coefficient (Wildman–Crippen LogP) is 5.22. The monoisotopic (exact) mass is 468 g/mol. The highest BCUT2D eigenvalue weighted by Crippen LogP contribution is 2.41. The van der Waals surface area contributed by atoms with E-state index in [1.165, 1.54) is 12.1 Å². The molecule has 1 aliphatic heterocycles. The maximum atomic E-state index is 11.7. The van der Waals surface area contributed by atoms with Gasteiger partial charge in [0.25, 0.3) is 10.1 Å². The van der Waals surface area contributed by atoms with Gasteiger partial charge in [-0.05, 0) is 60.9 Å². The van der Waals surface area contributed by atoms with E-state index in [4.69, 9.17) is 21.3 Å². The second-order valence-corrected chi connectivity index (χ2v) is 9.94. The van der Waals surface area contributed by atoms with Crippen molar-refractivity contribution in [3.05, 3.63) is 76.3 Å². The van der Waals surface area contributed by atoms with Crippen LogP contribution in [-0.4, -0.2) is 28.6 Å². The van der Waals surface area contributed by atoms with Gasteiger partial charge in [-0.2, -0.15) is 8.42 Å². The van der Waals surface area contributed by atoms with Gasteiger partial charge in [-0.1, -0.05) is 35.9 Å². The van der Waals surface area contributed by atoms with E-state index in [1.54, 1.807) is 12.1 Å². The van der Waals surface area contributed by atoms with Gasteiger partial charge >= 0.3 is 0 Å². The fourth-order valence-corrected chi connectivity index (χ4v) is 5.02. The first-order valence-electron chi connectivity index (χ1n) is 10.2. The lowest BCUT2D eigenvalue weighted by molar-refractivity contribution is 0.188. The fourth-order valence-electron chi connectivity index (χ4n) is 4.27. The number of halogens is 1. The summed E-state index contributed by atoms with van der Waals surface area (Å²) in [5, 5.41) is 0.494. The Labute approximate surface area is 191 Å². The minimum atomic E-state index is -4.30. The summed E-state index contributed by atoms with van der Waals surface area (Å²) < 4.78 is 41.3. The van der Waals surface area contributed by atoms with Gasteiger partial charge in [-0.25, -0.2) is 4.98 Å². The Kier molecular flexibility index (Phi) is 5.00. The maximum absolute atomic E-state index is 11.7. The third kappa shape index (κ3) is 3.56. The van der Waals surface area contributed by atoms with E-state index in [0.717, 1.165) is 39.1 Å². The molecule has 0 aliphatic carbocycles. The zero-order chi connectivity index (χ0) is 22.6. The van der Waals surface area contributed by atoms with Crippen LogP contribution in [0.3, 0.4) is 0 Å². The Balaban J connectivity index is 1.65. The second-order valence-electron chi connectivity index (χ2n) is 8.11. The zero-order valence-electron chi connectivity index (χ0n) is 17.5. The molecule has 164 valence electrons. The summed E-state index contributed by atoms with van der Waals surface area (Å²) in [5.74, 6) is 1.35. The lowest BCUT2D eigenvalue weighted by Crippen LogP contribution is -2.25. The Morgan fingerprint density at radius 1 is 1.12 bits per heavy atom. The number of benzene rings is 3. The fraction of sp³-hybridized carbons (Fsp3) is 0.208. The number of hydrogen-bond acceptors (Lipinski definition) is 4. The first-order chi connectivity index (χ1) is 15.2. The molecule has 1 atom stereocenters. The average molecular weight is 469 g/mol. The van der Waals surface area contributed by atoms with Crippen LogP contribution in [0.15, 0.2) is 59.5 Å². The molecule has 32 heavy (non-hydrogen) atoms. The van der Waals surface area contributed by atoms with Crippen molar-refractivity contribution in [2.45, 2.75) is 37.8 Å². The quantitative estimate of drug-likeness (QED) is 0.417. The largest absolute Gasteiger partial charge is 0.486 e. The van der Waals surface area contributed by atoms with Crippen LogP contribution >= 0.6 is 11.6 Å². The minimum Gasteiger partial charge on any atom is -0.486 e. The van der Waals surface area contributed by atoms with Gasteiger partial charge in [0.1, 0.15) is 17.7 Å². The van der Waals surface area contributed by atoms with E-state index in [0.29, 0.717) is 23.7 Å². The van der Waals surface area contributed by atoms with Crippen LogP contribution in [0.1, 0.15) is 16.7 Å². The molecule has 1 aromatic heterocycles. The van der Waals surface area contributed by atoms with Crippen molar-refractivity contribution < 1.29 is 17.7 Å². The molecule has 1 N–H and O–H groups in total. The van der Waals surface area contributed by atoms with Gasteiger partial charge in [0.15, 0.2) is 0 Å². The van der Waals surface area contributed by atoms with Gasteiger partial charge in [0.05, 0.1) is 33.1 Å². The molecule has 3 aromatic carbocycles. The van der Waals surface area contributed by atoms with Crippen molar-refractivity contribution >= 4 is 32.8 Å². The average Bonchev–Trinajstić information content (AvgIpc) is 3.01. The summed E-state index contributed by atoms with van der Waals surface area (Å²) >= 11 is 6.52. The van der Waals surface area contributed by atoms with Crippen molar-refractivity contribution in [2.24, 2.45) is 0 Å². The molecular weight excluding hydrogens is 448 g/mol. The summed E-state index contributed by atoms with van der Waals surface area (Å²) in [5.41, 5.74) is 5.53. The number of para-hydroxylation sites is 2. The van der Waals surface area contributed by atoms with Gasteiger partial charge < -0.3 is 9.30 Å². The number of aryl methyl sites for hydroxylation is 2. The Hall–Kier alpha value is -2.87. The first-order valence-corrected chi connectivity index (χ1v) is 12.0. The van der Waals surface area contributed by atoms with Crippen molar-refractivity contribution in [1.29, 1.82) is 0 Å². The topological polar surface area (TPSA) is 81.4 Å². The molecule has 0 saturated carbocycles. The number of hydrogen-bond donors (Lipinski definition) is 1. The van der Waals surface area contributed by atoms with Crippen LogP contribution in [0, 0.1) is 13.8 Å². The molecule has 4 aromatic rings. The van der Waals surface area contributed by atoms with E-state index in [2.05, 4.69) is 4.57 Å². The molecule has 0 fully saturated rings. The third-order valence-corrected chi connectivity index (χ3v) is 7.07. The number of nitrogens with zero attached hydrogens (tertiary/aromatic N) is 2. The highest BCUT2D eigenvalue weighted by atomic mass is 35.5. The third-order valence-electron chi connectivity index (χ3n) is 5.93. The number of fused-ring (bicyclic) bond motifs is 5. The highest BCUT2D eigenvalue weighted by molar-refractivity contribution is 7.85. The van der Waals surface area contributed by atoms with Crippen molar-refractivity contribution in [3.8, 4) is 17.1 Å². The van der Waals surface area contributed by atoms with Crippen LogP contribution in [0.25, 0.3) is 22.4 Å². The van der Waals surface area contributed by atoms with Gasteiger partial charge in [0, 0.05) is 6.42 Å². The summed E-state index contributed by atoms with van der Waals surface area (Å²) in [6.45, 7) is 4.45. The minimum absolute atomic E-state index is 0.130. The molecule has 0 amide bonds. The van der Waals surface area contributed by atoms with E-state index < -0.39 is 10.1 Å². The van der Waals surface area contributed by atoms with Crippen LogP contribution in [0.5, 0.6) is 5.75 Å². The second kappa shape index (κ2) is 7.62. The van der Waals surface area contributed by atoms with Crippen LogP contribution < -0.4 is 4.74 Å². The normalized spacial score (nSPS) is 15.7. The highest BCUT2D eigenvalue weighted by Gasteiger charge is 2.28. The number of ether oxygens (including phenoxy) is 1. The Bertz CT molecular complexity index is 1480. The molecule has 0 bridgehead atoms. The van der Waals surface area contributed by atoms with Gasteiger partial charge in [0.2, 0.25) is 0 Å². The van der Waals surface area contributed by atoms with E-state index in [1.807, 2.05) is 44.2 Å². The van der Waals surface area contributed by atoms with E-state index in [9.17, 15) is 13.0 Å². The molecular formula is C24H21ClN2O4S. The Morgan fingerprint density at radius 2 is 1.91 bits per heavy atom. The molecule has 8 heteroatoms. The predicted molar refractivity (Wildman–Crippen MR) is 124 cm³/mol. The molecule has 1 aliphatic rings. The van der Waals surface area contributed by atoms with Crippen molar-refractivity contribution in [1.82, 2.24) is 9.55 Å². The first kappa shape index (κ1) is 21.0. The molecule has 0 spiro atoms. The SMILES string of the molecule is Cc1ccc(S(=O)(=O)O)cc1CC1Cn2c(nc3c(C)cccc32)-c2cccc(Cl)c2O1. The van der Waals surface area contributed by atoms with Crippen LogP contribution in [-0.2, 0) is 23.1 Å². The lowest BCUT2D eigenvalue weighted by atomic mass is 10.0. The molecule has 2 heterocycles. The maximum Gasteiger partial charge on any atom is 0.294 e. The van der Waals surface area contributed by atoms with E-state index >= 15 is 0 Å². The standard InChI is InChI=1S/C24H21ClN2O4S/c1-14-9-10-18(32(28,29)30)12-16(14)11-17-13-27-21-8-3-5-15(2)22(21)26-24(27)19-6-4-7-20(25)23(19)31-17/h3-10,12,17H,11,13H2,1-2H3,(H,28,29,30). The lowest BCUT2D eigenvalue weighted by Gasteiger charge is -2.20. The van der Waals surface area contributed by atoms with Crippen LogP contribution in [0.2, 0.25) is 5.02 Å². The zero-order valence-corrected chi connectivity index (χ0v) is 19.1. The molecule has 6 nitrogen and oxygen atoms in total. The summed E-state index contributed by atoms with van der Waals surface area (Å²) in [7, 11) is -4.30. The molecule has 1 unspecified atom stereocenters. The van der Waals surface area contributed by atoms with E-state index in [-0.39, 0.29) is 11.0 Å². The smallest absolute Gasteiger partial charge is 0.294 e. The van der Waals surface area contributed by atoms with Gasteiger partial charge in [-0.3, -0.25) is 4.55 Å². The molecule has 0 saturated heterocycles. The molecule has 5 rings (SSSR count). The Morgan fingerprint density at radius 3 is 2.69 bits per heavy atom. The van der Waals surface area contributed by atoms with Crippen molar-refractivity contribution in [3.63, 3.8) is 0 Å². The van der Waals surface area contributed by atoms with Gasteiger partial charge in [-0.15, -0.1) is 0 Å². The number of rotatable bonds is 3. The number of aromatic nitrogens is 2. The summed E-state index contributed by atoms with van der Waals surface area (Å²) in [6.07, 6.45) is 0.105. The summed E-state index contributed by atoms with van der Waals surface area (Å²) in [6, 6.07) is 16.3. The molecule has 0 radical (unpaired) electrons. The van der Waals surface area contributed by atoms with Crippen molar-refractivity contribution in [2.75, 3.05) is 0 Å². The van der Waals surface area contributed by atoms with Crippen LogP contribution in [0.4, 0.5) is 0 Å². The number of imidazole rings is 1.